The first-order valence-corrected chi connectivity index (χ1v) is 5.81. The smallest absolute Gasteiger partial charge is 0.271 e. The van der Waals surface area contributed by atoms with Crippen molar-refractivity contribution in [3.05, 3.63) is 53.9 Å². The van der Waals surface area contributed by atoms with Gasteiger partial charge in [0.15, 0.2) is 0 Å². The van der Waals surface area contributed by atoms with Crippen molar-refractivity contribution in [1.29, 1.82) is 0 Å². The van der Waals surface area contributed by atoms with Crippen molar-refractivity contribution < 1.29 is 14.6 Å². The van der Waals surface area contributed by atoms with E-state index in [4.69, 9.17) is 4.74 Å². The Morgan fingerprint density at radius 1 is 1.35 bits per heavy atom. The van der Waals surface area contributed by atoms with Crippen LogP contribution in [0.2, 0.25) is 0 Å². The van der Waals surface area contributed by atoms with Crippen LogP contribution in [-0.2, 0) is 0 Å². The number of pyridine rings is 1. The lowest BCUT2D eigenvalue weighted by atomic mass is 10.2. The summed E-state index contributed by atoms with van der Waals surface area (Å²) in [6.45, 7) is 0. The van der Waals surface area contributed by atoms with Crippen LogP contribution in [0.5, 0.6) is 11.5 Å². The predicted octanol–water partition coefficient (Wildman–Crippen LogP) is 1.56. The van der Waals surface area contributed by atoms with Crippen LogP contribution in [-0.4, -0.2) is 29.3 Å². The largest absolute Gasteiger partial charge is 0.507 e. The van der Waals surface area contributed by atoms with E-state index in [1.807, 2.05) is 0 Å². The van der Waals surface area contributed by atoms with E-state index in [1.165, 1.54) is 31.8 Å². The molecule has 2 N–H and O–H groups in total. The molecule has 0 radical (unpaired) electrons. The molecule has 2 aromatic rings. The van der Waals surface area contributed by atoms with Crippen molar-refractivity contribution in [3.63, 3.8) is 0 Å². The maximum Gasteiger partial charge on any atom is 0.271 e. The molecule has 2 rings (SSSR count). The van der Waals surface area contributed by atoms with Gasteiger partial charge in [-0.2, -0.15) is 5.10 Å². The molecule has 0 bridgehead atoms. The van der Waals surface area contributed by atoms with Crippen LogP contribution in [0.15, 0.2) is 47.8 Å². The molecule has 0 aliphatic carbocycles. The van der Waals surface area contributed by atoms with Gasteiger partial charge in [0.25, 0.3) is 5.91 Å². The Morgan fingerprint density at radius 3 is 2.80 bits per heavy atom. The number of amides is 1. The van der Waals surface area contributed by atoms with Crippen LogP contribution >= 0.6 is 0 Å². The highest BCUT2D eigenvalue weighted by atomic mass is 16.5. The van der Waals surface area contributed by atoms with Crippen molar-refractivity contribution in [2.45, 2.75) is 0 Å². The first-order valence-electron chi connectivity index (χ1n) is 5.81. The summed E-state index contributed by atoms with van der Waals surface area (Å²) >= 11 is 0. The molecule has 6 nitrogen and oxygen atoms in total. The molecule has 0 fully saturated rings. The molecule has 6 heteroatoms. The van der Waals surface area contributed by atoms with Crippen molar-refractivity contribution >= 4 is 12.1 Å². The number of phenols is 1. The van der Waals surface area contributed by atoms with E-state index in [0.717, 1.165) is 0 Å². The highest BCUT2D eigenvalue weighted by Crippen LogP contribution is 2.20. The Balaban J connectivity index is 2.05. The molecule has 1 heterocycles. The van der Waals surface area contributed by atoms with Gasteiger partial charge in [0.2, 0.25) is 0 Å². The van der Waals surface area contributed by atoms with Gasteiger partial charge in [0.05, 0.1) is 13.3 Å². The minimum Gasteiger partial charge on any atom is -0.507 e. The summed E-state index contributed by atoms with van der Waals surface area (Å²) in [5.41, 5.74) is 3.26. The number of carbonyl (C=O) groups is 1. The number of methoxy groups -OCH3 is 1. The van der Waals surface area contributed by atoms with Crippen molar-refractivity contribution in [2.24, 2.45) is 5.10 Å². The number of hydrazone groups is 1. The number of carbonyl (C=O) groups excluding carboxylic acids is 1. The monoisotopic (exact) mass is 271 g/mol. The highest BCUT2D eigenvalue weighted by molar-refractivity contribution is 5.94. The molecular formula is C14H13N3O3. The van der Waals surface area contributed by atoms with Gasteiger partial charge in [-0.1, -0.05) is 0 Å². The first kappa shape index (κ1) is 13.5. The number of benzene rings is 1. The van der Waals surface area contributed by atoms with Gasteiger partial charge in [-0.15, -0.1) is 0 Å². The number of hydrogen-bond acceptors (Lipinski definition) is 5. The van der Waals surface area contributed by atoms with E-state index in [9.17, 15) is 9.90 Å². The number of aromatic nitrogens is 1. The molecule has 1 aromatic carbocycles. The second kappa shape index (κ2) is 6.33. The Kier molecular flexibility index (Phi) is 4.28. The number of ether oxygens (including phenoxy) is 1. The first-order chi connectivity index (χ1) is 9.70. The van der Waals surface area contributed by atoms with Gasteiger partial charge in [0.1, 0.15) is 11.5 Å². The second-order valence-electron chi connectivity index (χ2n) is 3.86. The van der Waals surface area contributed by atoms with Crippen molar-refractivity contribution in [3.8, 4) is 11.5 Å². The summed E-state index contributed by atoms with van der Waals surface area (Å²) in [5.74, 6) is 0.281. The highest BCUT2D eigenvalue weighted by Gasteiger charge is 2.03. The lowest BCUT2D eigenvalue weighted by Crippen LogP contribution is -2.17. The Labute approximate surface area is 115 Å². The lowest BCUT2D eigenvalue weighted by molar-refractivity contribution is 0.0955. The van der Waals surface area contributed by atoms with Crippen LogP contribution < -0.4 is 10.2 Å². The predicted molar refractivity (Wildman–Crippen MR) is 74.0 cm³/mol. The number of hydrogen-bond donors (Lipinski definition) is 2. The Morgan fingerprint density at radius 2 is 2.10 bits per heavy atom. The fraction of sp³-hybridized carbons (Fsp3) is 0.0714. The normalized spacial score (nSPS) is 10.4. The second-order valence-corrected chi connectivity index (χ2v) is 3.86. The number of phenolic OH excluding ortho intramolecular Hbond substituents is 1. The topological polar surface area (TPSA) is 83.8 Å². The molecular weight excluding hydrogens is 258 g/mol. The van der Waals surface area contributed by atoms with Gasteiger partial charge in [-0.05, 0) is 30.3 Å². The van der Waals surface area contributed by atoms with Crippen LogP contribution in [0, 0.1) is 0 Å². The quantitative estimate of drug-likeness (QED) is 0.653. The molecule has 0 saturated carbocycles. The Bertz CT molecular complexity index is 627. The zero-order valence-electron chi connectivity index (χ0n) is 10.8. The van der Waals surface area contributed by atoms with Gasteiger partial charge in [-0.3, -0.25) is 9.78 Å². The molecule has 1 aromatic heterocycles. The molecule has 0 atom stereocenters. The summed E-state index contributed by atoms with van der Waals surface area (Å²) in [7, 11) is 1.53. The molecule has 0 saturated heterocycles. The van der Waals surface area contributed by atoms with Crippen molar-refractivity contribution in [1.82, 2.24) is 10.4 Å². The Hall–Kier alpha value is -2.89. The molecule has 0 spiro atoms. The van der Waals surface area contributed by atoms with E-state index in [0.29, 0.717) is 16.9 Å². The summed E-state index contributed by atoms with van der Waals surface area (Å²) in [6, 6.07) is 7.88. The molecule has 0 unspecified atom stereocenters. The van der Waals surface area contributed by atoms with E-state index in [-0.39, 0.29) is 11.7 Å². The van der Waals surface area contributed by atoms with Gasteiger partial charge < -0.3 is 9.84 Å². The zero-order chi connectivity index (χ0) is 14.4. The maximum absolute atomic E-state index is 11.7. The number of nitrogens with one attached hydrogen (secondary N) is 1. The third-order valence-electron chi connectivity index (χ3n) is 2.55. The molecule has 102 valence electrons. The van der Waals surface area contributed by atoms with Crippen molar-refractivity contribution in [2.75, 3.05) is 7.11 Å². The van der Waals surface area contributed by atoms with E-state index >= 15 is 0 Å². The number of nitrogens with zero attached hydrogens (tertiary/aromatic N) is 2. The summed E-state index contributed by atoms with van der Waals surface area (Å²) in [5, 5.41) is 13.4. The van der Waals surface area contributed by atoms with Gasteiger partial charge in [0, 0.05) is 23.5 Å². The third kappa shape index (κ3) is 3.32. The summed E-state index contributed by atoms with van der Waals surface area (Å²) < 4.78 is 5.04. The fourth-order valence-corrected chi connectivity index (χ4v) is 1.49. The van der Waals surface area contributed by atoms with E-state index in [2.05, 4.69) is 15.5 Å². The molecule has 1 amide bonds. The average molecular weight is 271 g/mol. The summed E-state index contributed by atoms with van der Waals surface area (Å²) in [4.78, 5) is 15.5. The standard InChI is InChI=1S/C14H13N3O3/c1-20-12-2-3-13(18)11(8-12)9-16-17-14(19)10-4-6-15-7-5-10/h2-9,18H,1H3,(H,17,19)/b16-9-. The third-order valence-corrected chi connectivity index (χ3v) is 2.55. The number of rotatable bonds is 4. The molecule has 20 heavy (non-hydrogen) atoms. The minimum absolute atomic E-state index is 0.0488. The average Bonchev–Trinajstić information content (AvgIpc) is 2.50. The van der Waals surface area contributed by atoms with Crippen LogP contribution in [0.25, 0.3) is 0 Å². The van der Waals surface area contributed by atoms with Gasteiger partial charge >= 0.3 is 0 Å². The number of aromatic hydroxyl groups is 1. The minimum atomic E-state index is -0.356. The SMILES string of the molecule is COc1ccc(O)c(/C=N\NC(=O)c2ccncc2)c1. The maximum atomic E-state index is 11.7. The van der Waals surface area contributed by atoms with E-state index in [1.54, 1.807) is 24.3 Å². The summed E-state index contributed by atoms with van der Waals surface area (Å²) in [6.07, 6.45) is 4.38. The lowest BCUT2D eigenvalue weighted by Gasteiger charge is -2.03. The molecule has 0 aliphatic heterocycles. The van der Waals surface area contributed by atoms with Crippen LogP contribution in [0.4, 0.5) is 0 Å². The molecule has 0 aliphatic rings. The van der Waals surface area contributed by atoms with Crippen LogP contribution in [0.3, 0.4) is 0 Å². The van der Waals surface area contributed by atoms with Crippen LogP contribution in [0.1, 0.15) is 15.9 Å². The van der Waals surface area contributed by atoms with E-state index < -0.39 is 0 Å². The van der Waals surface area contributed by atoms with Gasteiger partial charge in [-0.25, -0.2) is 5.43 Å². The fourth-order valence-electron chi connectivity index (χ4n) is 1.49. The zero-order valence-corrected chi connectivity index (χ0v) is 10.8.